The summed E-state index contributed by atoms with van der Waals surface area (Å²) in [5.74, 6) is 1.66. The number of aryl methyl sites for hydroxylation is 2. The molecule has 0 bridgehead atoms. The maximum atomic E-state index is 12.4. The van der Waals surface area contributed by atoms with Crippen molar-refractivity contribution in [3.63, 3.8) is 0 Å². The summed E-state index contributed by atoms with van der Waals surface area (Å²) in [6.45, 7) is 6.94. The van der Waals surface area contributed by atoms with E-state index < -0.39 is 0 Å². The zero-order valence-corrected chi connectivity index (χ0v) is 15.3. The van der Waals surface area contributed by atoms with Crippen LogP contribution in [0.5, 0.6) is 5.75 Å². The van der Waals surface area contributed by atoms with Gasteiger partial charge in [-0.1, -0.05) is 12.1 Å². The van der Waals surface area contributed by atoms with Crippen LogP contribution >= 0.6 is 0 Å². The van der Waals surface area contributed by atoms with Gasteiger partial charge in [0.1, 0.15) is 11.6 Å². The summed E-state index contributed by atoms with van der Waals surface area (Å²) < 4.78 is 7.53. The molecule has 26 heavy (non-hydrogen) atoms. The Kier molecular flexibility index (Phi) is 5.37. The van der Waals surface area contributed by atoms with E-state index in [4.69, 9.17) is 4.74 Å². The molecule has 1 N–H and O–H groups in total. The molecule has 134 valence electrons. The summed E-state index contributed by atoms with van der Waals surface area (Å²) in [4.78, 5) is 16.6. The standard InChI is InChI=1S/C21H23N3O2/c1-4-26-20-10-7-18(13-15(20)2)21(25)23-14-17-5-8-19(9-6-17)24-12-11-22-16(24)3/h5-13H,4,14H2,1-3H3,(H,23,25). The first-order valence-electron chi connectivity index (χ1n) is 8.69. The number of carbonyl (C=O) groups excluding carboxylic acids is 1. The van der Waals surface area contributed by atoms with Crippen molar-refractivity contribution in [3.8, 4) is 11.4 Å². The molecule has 0 aliphatic carbocycles. The number of rotatable bonds is 6. The predicted octanol–water partition coefficient (Wildman–Crippen LogP) is 3.82. The Balaban J connectivity index is 1.62. The number of amides is 1. The number of aromatic nitrogens is 2. The Morgan fingerprint density at radius 3 is 2.54 bits per heavy atom. The minimum absolute atomic E-state index is 0.0920. The van der Waals surface area contributed by atoms with Crippen LogP contribution in [-0.2, 0) is 6.54 Å². The van der Waals surface area contributed by atoms with E-state index in [1.807, 2.05) is 67.9 Å². The Bertz CT molecular complexity index is 898. The minimum atomic E-state index is -0.0920. The monoisotopic (exact) mass is 349 g/mol. The lowest BCUT2D eigenvalue weighted by atomic mass is 10.1. The molecule has 0 aliphatic heterocycles. The van der Waals surface area contributed by atoms with Crippen LogP contribution in [-0.4, -0.2) is 22.1 Å². The Hall–Kier alpha value is -3.08. The van der Waals surface area contributed by atoms with Gasteiger partial charge in [0.2, 0.25) is 0 Å². The van der Waals surface area contributed by atoms with Crippen LogP contribution in [0.1, 0.15) is 34.2 Å². The highest BCUT2D eigenvalue weighted by atomic mass is 16.5. The second-order valence-corrected chi connectivity index (χ2v) is 6.11. The van der Waals surface area contributed by atoms with Crippen molar-refractivity contribution in [1.29, 1.82) is 0 Å². The number of imidazole rings is 1. The summed E-state index contributed by atoms with van der Waals surface area (Å²) in [5.41, 5.74) is 3.69. The van der Waals surface area contributed by atoms with Gasteiger partial charge in [-0.15, -0.1) is 0 Å². The first kappa shape index (κ1) is 17.7. The van der Waals surface area contributed by atoms with Crippen LogP contribution in [0.15, 0.2) is 54.9 Å². The van der Waals surface area contributed by atoms with Gasteiger partial charge >= 0.3 is 0 Å². The molecule has 3 aromatic rings. The summed E-state index contributed by atoms with van der Waals surface area (Å²) in [6.07, 6.45) is 3.71. The van der Waals surface area contributed by atoms with E-state index in [1.54, 1.807) is 12.3 Å². The molecule has 0 fully saturated rings. The van der Waals surface area contributed by atoms with Crippen LogP contribution in [0.25, 0.3) is 5.69 Å². The fraction of sp³-hybridized carbons (Fsp3) is 0.238. The molecule has 0 unspecified atom stereocenters. The number of nitrogens with one attached hydrogen (secondary N) is 1. The highest BCUT2D eigenvalue weighted by molar-refractivity contribution is 5.94. The molecule has 0 saturated heterocycles. The molecule has 0 radical (unpaired) electrons. The number of nitrogens with zero attached hydrogens (tertiary/aromatic N) is 2. The molecular weight excluding hydrogens is 326 g/mol. The fourth-order valence-corrected chi connectivity index (χ4v) is 2.82. The molecule has 1 amide bonds. The molecule has 0 spiro atoms. The van der Waals surface area contributed by atoms with E-state index in [9.17, 15) is 4.79 Å². The number of carbonyl (C=O) groups is 1. The molecule has 1 heterocycles. The Morgan fingerprint density at radius 1 is 1.15 bits per heavy atom. The second-order valence-electron chi connectivity index (χ2n) is 6.11. The molecule has 0 aliphatic rings. The van der Waals surface area contributed by atoms with Crippen molar-refractivity contribution >= 4 is 5.91 Å². The maximum absolute atomic E-state index is 12.4. The maximum Gasteiger partial charge on any atom is 0.251 e. The molecule has 3 rings (SSSR count). The fourth-order valence-electron chi connectivity index (χ4n) is 2.82. The summed E-state index contributed by atoms with van der Waals surface area (Å²) in [6, 6.07) is 13.6. The van der Waals surface area contributed by atoms with Gasteiger partial charge in [-0.3, -0.25) is 4.79 Å². The topological polar surface area (TPSA) is 56.1 Å². The van der Waals surface area contributed by atoms with E-state index in [-0.39, 0.29) is 5.91 Å². The molecule has 5 heteroatoms. The van der Waals surface area contributed by atoms with Gasteiger partial charge in [-0.25, -0.2) is 4.98 Å². The van der Waals surface area contributed by atoms with Gasteiger partial charge in [0, 0.05) is 30.2 Å². The Labute approximate surface area is 153 Å². The van der Waals surface area contributed by atoms with Crippen LogP contribution < -0.4 is 10.1 Å². The smallest absolute Gasteiger partial charge is 0.251 e. The number of benzene rings is 2. The van der Waals surface area contributed by atoms with E-state index in [0.29, 0.717) is 18.7 Å². The number of hydrogen-bond donors (Lipinski definition) is 1. The molecule has 5 nitrogen and oxygen atoms in total. The van der Waals surface area contributed by atoms with E-state index in [2.05, 4.69) is 10.3 Å². The molecular formula is C21H23N3O2. The third-order valence-electron chi connectivity index (χ3n) is 4.23. The van der Waals surface area contributed by atoms with Crippen molar-refractivity contribution in [3.05, 3.63) is 77.4 Å². The summed E-state index contributed by atoms with van der Waals surface area (Å²) >= 11 is 0. The van der Waals surface area contributed by atoms with Crippen LogP contribution in [0.2, 0.25) is 0 Å². The Morgan fingerprint density at radius 2 is 1.92 bits per heavy atom. The van der Waals surface area contributed by atoms with Crippen molar-refractivity contribution in [2.24, 2.45) is 0 Å². The largest absolute Gasteiger partial charge is 0.494 e. The summed E-state index contributed by atoms with van der Waals surface area (Å²) in [7, 11) is 0. The van der Waals surface area contributed by atoms with Crippen molar-refractivity contribution in [2.45, 2.75) is 27.3 Å². The van der Waals surface area contributed by atoms with Crippen LogP contribution in [0.4, 0.5) is 0 Å². The zero-order valence-electron chi connectivity index (χ0n) is 15.3. The van der Waals surface area contributed by atoms with Crippen molar-refractivity contribution < 1.29 is 9.53 Å². The lowest BCUT2D eigenvalue weighted by Crippen LogP contribution is -2.22. The molecule has 0 atom stereocenters. The van der Waals surface area contributed by atoms with E-state index in [1.165, 1.54) is 0 Å². The number of ether oxygens (including phenoxy) is 1. The van der Waals surface area contributed by atoms with Crippen LogP contribution in [0.3, 0.4) is 0 Å². The van der Waals surface area contributed by atoms with Gasteiger partial charge in [0.25, 0.3) is 5.91 Å². The predicted molar refractivity (Wildman–Crippen MR) is 102 cm³/mol. The van der Waals surface area contributed by atoms with Gasteiger partial charge in [-0.2, -0.15) is 0 Å². The second kappa shape index (κ2) is 7.87. The zero-order chi connectivity index (χ0) is 18.5. The van der Waals surface area contributed by atoms with Gasteiger partial charge < -0.3 is 14.6 Å². The minimum Gasteiger partial charge on any atom is -0.494 e. The van der Waals surface area contributed by atoms with Crippen molar-refractivity contribution in [1.82, 2.24) is 14.9 Å². The average Bonchev–Trinajstić information content (AvgIpc) is 3.08. The molecule has 1 aromatic heterocycles. The third-order valence-corrected chi connectivity index (χ3v) is 4.23. The normalized spacial score (nSPS) is 10.6. The lowest BCUT2D eigenvalue weighted by Gasteiger charge is -2.10. The highest BCUT2D eigenvalue weighted by Crippen LogP contribution is 2.19. The highest BCUT2D eigenvalue weighted by Gasteiger charge is 2.08. The SMILES string of the molecule is CCOc1ccc(C(=O)NCc2ccc(-n3ccnc3C)cc2)cc1C. The van der Waals surface area contributed by atoms with Crippen LogP contribution in [0, 0.1) is 13.8 Å². The van der Waals surface area contributed by atoms with Crippen molar-refractivity contribution in [2.75, 3.05) is 6.61 Å². The van der Waals surface area contributed by atoms with Gasteiger partial charge in [0.05, 0.1) is 6.61 Å². The van der Waals surface area contributed by atoms with E-state index >= 15 is 0 Å². The van der Waals surface area contributed by atoms with E-state index in [0.717, 1.165) is 28.4 Å². The number of hydrogen-bond acceptors (Lipinski definition) is 3. The van der Waals surface area contributed by atoms with Gasteiger partial charge in [0.15, 0.2) is 0 Å². The third kappa shape index (κ3) is 3.94. The first-order valence-corrected chi connectivity index (χ1v) is 8.69. The quantitative estimate of drug-likeness (QED) is 0.736. The summed E-state index contributed by atoms with van der Waals surface area (Å²) in [5, 5.41) is 2.96. The van der Waals surface area contributed by atoms with Gasteiger partial charge in [-0.05, 0) is 62.2 Å². The molecule has 2 aromatic carbocycles. The average molecular weight is 349 g/mol. The first-order chi connectivity index (χ1) is 12.6. The molecule has 0 saturated carbocycles. The lowest BCUT2D eigenvalue weighted by molar-refractivity contribution is 0.0951.